The zero-order chi connectivity index (χ0) is 13.4. The summed E-state index contributed by atoms with van der Waals surface area (Å²) in [5.41, 5.74) is 0.521. The lowest BCUT2D eigenvalue weighted by Crippen LogP contribution is -2.04. The van der Waals surface area contributed by atoms with E-state index < -0.39 is 4.92 Å². The predicted octanol–water partition coefficient (Wildman–Crippen LogP) is 2.82. The Morgan fingerprint density at radius 1 is 1.50 bits per heavy atom. The van der Waals surface area contributed by atoms with Gasteiger partial charge < -0.3 is 10.1 Å². The van der Waals surface area contributed by atoms with Crippen LogP contribution in [-0.4, -0.2) is 18.6 Å². The van der Waals surface area contributed by atoms with Crippen molar-refractivity contribution in [3.63, 3.8) is 0 Å². The summed E-state index contributed by atoms with van der Waals surface area (Å²) in [6, 6.07) is 4.75. The maximum absolute atomic E-state index is 10.9. The number of benzene rings is 1. The highest BCUT2D eigenvalue weighted by molar-refractivity contribution is 5.63. The summed E-state index contributed by atoms with van der Waals surface area (Å²) in [5.74, 6) is 3.03. The van der Waals surface area contributed by atoms with Gasteiger partial charge in [0.1, 0.15) is 11.4 Å². The van der Waals surface area contributed by atoms with Gasteiger partial charge >= 0.3 is 0 Å². The monoisotopic (exact) mass is 248 g/mol. The molecule has 0 aliphatic heterocycles. The zero-order valence-electron chi connectivity index (χ0n) is 10.3. The van der Waals surface area contributed by atoms with Crippen LogP contribution in [0.25, 0.3) is 0 Å². The summed E-state index contributed by atoms with van der Waals surface area (Å²) in [6.45, 7) is 0.662. The van der Waals surface area contributed by atoms with E-state index in [0.29, 0.717) is 18.0 Å². The molecule has 0 unspecified atom stereocenters. The van der Waals surface area contributed by atoms with Gasteiger partial charge in [0, 0.05) is 13.0 Å². The number of ether oxygens (including phenoxy) is 1. The molecular weight excluding hydrogens is 232 g/mol. The smallest absolute Gasteiger partial charge is 0.296 e. The molecule has 0 aliphatic rings. The van der Waals surface area contributed by atoms with E-state index in [4.69, 9.17) is 11.2 Å². The van der Waals surface area contributed by atoms with Crippen LogP contribution in [-0.2, 0) is 0 Å². The predicted molar refractivity (Wildman–Crippen MR) is 70.8 cm³/mol. The SMILES string of the molecule is C#CCCCCNc1ccc(OC)cc1[N+](=O)[O-]. The molecule has 0 aromatic heterocycles. The van der Waals surface area contributed by atoms with Crippen LogP contribution in [0.5, 0.6) is 5.75 Å². The Balaban J connectivity index is 2.64. The number of hydrogen-bond donors (Lipinski definition) is 1. The Hall–Kier alpha value is -2.22. The van der Waals surface area contributed by atoms with Crippen LogP contribution in [0, 0.1) is 22.5 Å². The molecule has 0 atom stereocenters. The van der Waals surface area contributed by atoms with Crippen molar-refractivity contribution in [3.8, 4) is 18.1 Å². The molecule has 1 aromatic rings. The van der Waals surface area contributed by atoms with Crippen molar-refractivity contribution in [2.24, 2.45) is 0 Å². The Kier molecular flexibility index (Phi) is 5.52. The molecule has 0 amide bonds. The third kappa shape index (κ3) is 3.98. The summed E-state index contributed by atoms with van der Waals surface area (Å²) in [6.07, 6.45) is 7.67. The largest absolute Gasteiger partial charge is 0.496 e. The highest BCUT2D eigenvalue weighted by Gasteiger charge is 2.14. The van der Waals surface area contributed by atoms with Crippen molar-refractivity contribution in [1.29, 1.82) is 0 Å². The lowest BCUT2D eigenvalue weighted by atomic mass is 10.2. The average Bonchev–Trinajstić information content (AvgIpc) is 2.38. The summed E-state index contributed by atoms with van der Waals surface area (Å²) in [7, 11) is 1.48. The Bertz CT molecular complexity index is 452. The summed E-state index contributed by atoms with van der Waals surface area (Å²) < 4.78 is 4.96. The molecule has 0 heterocycles. The lowest BCUT2D eigenvalue weighted by Gasteiger charge is -2.07. The number of nitrogens with one attached hydrogen (secondary N) is 1. The van der Waals surface area contributed by atoms with E-state index in [0.717, 1.165) is 19.3 Å². The lowest BCUT2D eigenvalue weighted by molar-refractivity contribution is -0.384. The molecule has 1 aromatic carbocycles. The molecule has 0 saturated carbocycles. The van der Waals surface area contributed by atoms with E-state index in [1.54, 1.807) is 12.1 Å². The van der Waals surface area contributed by atoms with Gasteiger partial charge in [-0.3, -0.25) is 10.1 Å². The molecule has 0 fully saturated rings. The van der Waals surface area contributed by atoms with E-state index in [1.807, 2.05) is 0 Å². The number of rotatable bonds is 7. The van der Waals surface area contributed by atoms with E-state index in [-0.39, 0.29) is 5.69 Å². The molecule has 0 aliphatic carbocycles. The third-order valence-corrected chi connectivity index (χ3v) is 2.46. The van der Waals surface area contributed by atoms with Gasteiger partial charge in [0.05, 0.1) is 18.1 Å². The average molecular weight is 248 g/mol. The topological polar surface area (TPSA) is 64.4 Å². The fraction of sp³-hybridized carbons (Fsp3) is 0.385. The molecule has 1 N–H and O–H groups in total. The maximum atomic E-state index is 10.9. The van der Waals surface area contributed by atoms with Crippen LogP contribution in [0.3, 0.4) is 0 Å². The number of methoxy groups -OCH3 is 1. The minimum atomic E-state index is -0.424. The fourth-order valence-electron chi connectivity index (χ4n) is 1.51. The van der Waals surface area contributed by atoms with Crippen molar-refractivity contribution in [2.45, 2.75) is 19.3 Å². The van der Waals surface area contributed by atoms with Crippen LogP contribution < -0.4 is 10.1 Å². The highest BCUT2D eigenvalue weighted by Crippen LogP contribution is 2.28. The molecule has 5 nitrogen and oxygen atoms in total. The normalized spacial score (nSPS) is 9.56. The zero-order valence-corrected chi connectivity index (χ0v) is 10.3. The van der Waals surface area contributed by atoms with Crippen molar-refractivity contribution >= 4 is 11.4 Å². The van der Waals surface area contributed by atoms with Crippen molar-refractivity contribution in [1.82, 2.24) is 0 Å². The Labute approximate surface area is 106 Å². The second kappa shape index (κ2) is 7.17. The maximum Gasteiger partial charge on any atom is 0.296 e. The number of nitrogens with zero attached hydrogens (tertiary/aromatic N) is 1. The van der Waals surface area contributed by atoms with E-state index in [1.165, 1.54) is 13.2 Å². The molecule has 0 spiro atoms. The van der Waals surface area contributed by atoms with Crippen LogP contribution in [0.15, 0.2) is 18.2 Å². The first-order chi connectivity index (χ1) is 8.69. The van der Waals surface area contributed by atoms with E-state index >= 15 is 0 Å². The number of nitro benzene ring substituents is 1. The first kappa shape index (κ1) is 13.8. The molecular formula is C13H16N2O3. The second-order valence-electron chi connectivity index (χ2n) is 3.73. The fourth-order valence-corrected chi connectivity index (χ4v) is 1.51. The van der Waals surface area contributed by atoms with Crippen LogP contribution in [0.4, 0.5) is 11.4 Å². The third-order valence-electron chi connectivity index (χ3n) is 2.46. The van der Waals surface area contributed by atoms with Gasteiger partial charge in [-0.1, -0.05) is 0 Å². The van der Waals surface area contributed by atoms with Crippen molar-refractivity contribution in [3.05, 3.63) is 28.3 Å². The summed E-state index contributed by atoms with van der Waals surface area (Å²) >= 11 is 0. The van der Waals surface area contributed by atoms with Gasteiger partial charge in [-0.15, -0.1) is 12.3 Å². The minimum Gasteiger partial charge on any atom is -0.496 e. The highest BCUT2D eigenvalue weighted by atomic mass is 16.6. The molecule has 0 saturated heterocycles. The molecule has 0 radical (unpaired) electrons. The molecule has 96 valence electrons. The summed E-state index contributed by atoms with van der Waals surface area (Å²) in [4.78, 5) is 10.5. The number of anilines is 1. The quantitative estimate of drug-likeness (QED) is 0.349. The van der Waals surface area contributed by atoms with Crippen molar-refractivity contribution < 1.29 is 9.66 Å². The number of hydrogen-bond acceptors (Lipinski definition) is 4. The second-order valence-corrected chi connectivity index (χ2v) is 3.73. The minimum absolute atomic E-state index is 0.0197. The van der Waals surface area contributed by atoms with Gasteiger partial charge in [0.25, 0.3) is 5.69 Å². The van der Waals surface area contributed by atoms with Gasteiger partial charge in [0.2, 0.25) is 0 Å². The van der Waals surface area contributed by atoms with Crippen LogP contribution >= 0.6 is 0 Å². The van der Waals surface area contributed by atoms with Crippen LogP contribution in [0.2, 0.25) is 0 Å². The van der Waals surface area contributed by atoms with E-state index in [2.05, 4.69) is 11.2 Å². The Morgan fingerprint density at radius 3 is 2.89 bits per heavy atom. The number of unbranched alkanes of at least 4 members (excludes halogenated alkanes) is 2. The molecule has 1 rings (SSSR count). The first-order valence-electron chi connectivity index (χ1n) is 5.68. The standard InChI is InChI=1S/C13H16N2O3/c1-3-4-5-6-9-14-12-8-7-11(18-2)10-13(12)15(16)17/h1,7-8,10,14H,4-6,9H2,2H3. The van der Waals surface area contributed by atoms with E-state index in [9.17, 15) is 10.1 Å². The van der Waals surface area contributed by atoms with Gasteiger partial charge in [-0.2, -0.15) is 0 Å². The van der Waals surface area contributed by atoms with Gasteiger partial charge in [-0.25, -0.2) is 0 Å². The van der Waals surface area contributed by atoms with Gasteiger partial charge in [-0.05, 0) is 25.0 Å². The number of terminal acetylenes is 1. The first-order valence-corrected chi connectivity index (χ1v) is 5.68. The molecule has 18 heavy (non-hydrogen) atoms. The van der Waals surface area contributed by atoms with Crippen molar-refractivity contribution in [2.75, 3.05) is 19.0 Å². The van der Waals surface area contributed by atoms with Crippen LogP contribution in [0.1, 0.15) is 19.3 Å². The Morgan fingerprint density at radius 2 is 2.28 bits per heavy atom. The molecule has 0 bridgehead atoms. The summed E-state index contributed by atoms with van der Waals surface area (Å²) in [5, 5.41) is 13.9. The number of nitro groups is 1. The van der Waals surface area contributed by atoms with Gasteiger partial charge in [0.15, 0.2) is 0 Å². The molecule has 5 heteroatoms.